The van der Waals surface area contributed by atoms with E-state index in [2.05, 4.69) is 26.9 Å². The Bertz CT molecular complexity index is 1060. The number of rotatable bonds is 5. The second kappa shape index (κ2) is 7.97. The van der Waals surface area contributed by atoms with E-state index in [1.54, 1.807) is 20.3 Å². The number of benzene rings is 2. The van der Waals surface area contributed by atoms with Gasteiger partial charge in [-0.05, 0) is 49.2 Å². The fourth-order valence-corrected chi connectivity index (χ4v) is 4.35. The second-order valence-electron chi connectivity index (χ2n) is 6.97. The van der Waals surface area contributed by atoms with Crippen LogP contribution in [-0.2, 0) is 6.54 Å². The van der Waals surface area contributed by atoms with Gasteiger partial charge in [-0.3, -0.25) is 4.90 Å². The zero-order chi connectivity index (χ0) is 19.7. The molecule has 28 heavy (non-hydrogen) atoms. The predicted molar refractivity (Wildman–Crippen MR) is 112 cm³/mol. The summed E-state index contributed by atoms with van der Waals surface area (Å²) >= 11 is 3.44. The molecule has 0 spiro atoms. The van der Waals surface area contributed by atoms with E-state index in [9.17, 15) is 4.79 Å². The Morgan fingerprint density at radius 1 is 1.14 bits per heavy atom. The van der Waals surface area contributed by atoms with Crippen LogP contribution in [0, 0.1) is 0 Å². The van der Waals surface area contributed by atoms with Crippen LogP contribution in [0.2, 0.25) is 0 Å². The number of likely N-dealkylation sites (tertiary alicyclic amines) is 1. The van der Waals surface area contributed by atoms with Gasteiger partial charge in [0, 0.05) is 40.1 Å². The minimum Gasteiger partial charge on any atom is -0.497 e. The van der Waals surface area contributed by atoms with Gasteiger partial charge in [0.25, 0.3) is 0 Å². The molecule has 1 aromatic heterocycles. The molecule has 0 saturated carbocycles. The Kier molecular flexibility index (Phi) is 5.42. The predicted octanol–water partition coefficient (Wildman–Crippen LogP) is 4.91. The smallest absolute Gasteiger partial charge is 0.336 e. The summed E-state index contributed by atoms with van der Waals surface area (Å²) in [5.41, 5.74) is 2.42. The monoisotopic (exact) mass is 443 g/mol. The molecule has 0 N–H and O–H groups in total. The third kappa shape index (κ3) is 3.66. The number of nitrogens with zero attached hydrogens (tertiary/aromatic N) is 1. The maximum Gasteiger partial charge on any atom is 0.336 e. The third-order valence-corrected chi connectivity index (χ3v) is 5.82. The topological polar surface area (TPSA) is 51.9 Å². The van der Waals surface area contributed by atoms with E-state index in [0.717, 1.165) is 51.9 Å². The van der Waals surface area contributed by atoms with Crippen LogP contribution in [0.1, 0.15) is 30.0 Å². The van der Waals surface area contributed by atoms with Gasteiger partial charge in [-0.15, -0.1) is 0 Å². The maximum absolute atomic E-state index is 12.1. The van der Waals surface area contributed by atoms with Crippen LogP contribution in [0.3, 0.4) is 0 Å². The van der Waals surface area contributed by atoms with Crippen molar-refractivity contribution >= 4 is 26.9 Å². The summed E-state index contributed by atoms with van der Waals surface area (Å²) in [6.45, 7) is 1.65. The highest BCUT2D eigenvalue weighted by Crippen LogP contribution is 2.39. The zero-order valence-electron chi connectivity index (χ0n) is 15.9. The van der Waals surface area contributed by atoms with Gasteiger partial charge in [0.15, 0.2) is 0 Å². The van der Waals surface area contributed by atoms with Gasteiger partial charge < -0.3 is 13.9 Å². The molecule has 1 saturated heterocycles. The van der Waals surface area contributed by atoms with E-state index in [-0.39, 0.29) is 11.7 Å². The van der Waals surface area contributed by atoms with Crippen LogP contribution < -0.4 is 15.1 Å². The molecule has 1 aliphatic rings. The first-order valence-corrected chi connectivity index (χ1v) is 10.1. The first-order valence-electron chi connectivity index (χ1n) is 9.27. The van der Waals surface area contributed by atoms with Crippen molar-refractivity contribution in [2.45, 2.75) is 25.4 Å². The highest BCUT2D eigenvalue weighted by Gasteiger charge is 2.29. The minimum absolute atomic E-state index is 0.235. The van der Waals surface area contributed by atoms with Gasteiger partial charge in [-0.1, -0.05) is 22.0 Å². The fourth-order valence-electron chi connectivity index (χ4n) is 4.01. The van der Waals surface area contributed by atoms with Crippen LogP contribution in [0.15, 0.2) is 56.1 Å². The Hall–Kier alpha value is -2.31. The number of ether oxygens (including phenoxy) is 2. The van der Waals surface area contributed by atoms with Crippen LogP contribution in [-0.4, -0.2) is 25.7 Å². The molecule has 0 radical (unpaired) electrons. The summed E-state index contributed by atoms with van der Waals surface area (Å²) in [6.07, 6.45) is 2.15. The van der Waals surface area contributed by atoms with Crippen LogP contribution in [0.25, 0.3) is 11.0 Å². The summed E-state index contributed by atoms with van der Waals surface area (Å²) in [5, 5.41) is 0.968. The lowest BCUT2D eigenvalue weighted by Gasteiger charge is -2.26. The van der Waals surface area contributed by atoms with Crippen LogP contribution in [0.4, 0.5) is 0 Å². The van der Waals surface area contributed by atoms with E-state index >= 15 is 0 Å². The van der Waals surface area contributed by atoms with Crippen molar-refractivity contribution in [3.05, 3.63) is 68.5 Å². The van der Waals surface area contributed by atoms with Gasteiger partial charge in [0.1, 0.15) is 17.1 Å². The van der Waals surface area contributed by atoms with Gasteiger partial charge in [0.2, 0.25) is 0 Å². The molecule has 5 nitrogen and oxygen atoms in total. The van der Waals surface area contributed by atoms with Gasteiger partial charge in [0.05, 0.1) is 14.2 Å². The molecule has 1 atom stereocenters. The van der Waals surface area contributed by atoms with Crippen molar-refractivity contribution in [3.8, 4) is 11.5 Å². The Balaban J connectivity index is 1.69. The van der Waals surface area contributed by atoms with Gasteiger partial charge >= 0.3 is 5.63 Å². The minimum atomic E-state index is -0.321. The summed E-state index contributed by atoms with van der Waals surface area (Å²) in [7, 11) is 3.34. The molecule has 2 heterocycles. The Morgan fingerprint density at radius 2 is 2.00 bits per heavy atom. The summed E-state index contributed by atoms with van der Waals surface area (Å²) in [4.78, 5) is 14.5. The zero-order valence-corrected chi connectivity index (χ0v) is 17.5. The first-order chi connectivity index (χ1) is 13.6. The quantitative estimate of drug-likeness (QED) is 0.524. The number of hydrogen-bond acceptors (Lipinski definition) is 5. The van der Waals surface area contributed by atoms with Crippen LogP contribution in [0.5, 0.6) is 11.5 Å². The SMILES string of the molecule is COc1ccc([C@@H]2CCCN2Cc2cc(=O)oc3cc(Br)ccc23)c(OC)c1. The molecular formula is C22H22BrNO4. The number of halogens is 1. The summed E-state index contributed by atoms with van der Waals surface area (Å²) in [5.74, 6) is 1.61. The van der Waals surface area contributed by atoms with Crippen molar-refractivity contribution in [1.82, 2.24) is 4.90 Å². The average molecular weight is 444 g/mol. The molecule has 3 aromatic rings. The lowest BCUT2D eigenvalue weighted by Crippen LogP contribution is -2.24. The average Bonchev–Trinajstić information content (AvgIpc) is 3.14. The van der Waals surface area contributed by atoms with Crippen LogP contribution >= 0.6 is 15.9 Å². The first kappa shape index (κ1) is 19.0. The van der Waals surface area contributed by atoms with E-state index in [0.29, 0.717) is 12.1 Å². The lowest BCUT2D eigenvalue weighted by atomic mass is 10.0. The molecule has 146 valence electrons. The highest BCUT2D eigenvalue weighted by molar-refractivity contribution is 9.10. The van der Waals surface area contributed by atoms with Crippen molar-refractivity contribution in [3.63, 3.8) is 0 Å². The molecule has 0 bridgehead atoms. The number of fused-ring (bicyclic) bond motifs is 1. The van der Waals surface area contributed by atoms with E-state index in [1.165, 1.54) is 0 Å². The van der Waals surface area contributed by atoms with Crippen molar-refractivity contribution in [2.75, 3.05) is 20.8 Å². The van der Waals surface area contributed by atoms with E-state index in [1.807, 2.05) is 30.3 Å². The van der Waals surface area contributed by atoms with Gasteiger partial charge in [-0.2, -0.15) is 0 Å². The summed E-state index contributed by atoms with van der Waals surface area (Å²) < 4.78 is 17.2. The molecule has 2 aromatic carbocycles. The normalized spacial score (nSPS) is 17.2. The van der Waals surface area contributed by atoms with Gasteiger partial charge in [-0.25, -0.2) is 4.79 Å². The standard InChI is InChI=1S/C22H22BrNO4/c1-26-16-6-8-18(20(12-16)27-2)19-4-3-9-24(19)13-14-10-22(25)28-21-11-15(23)5-7-17(14)21/h5-8,10-12,19H,3-4,9,13H2,1-2H3/t19-/m0/s1. The van der Waals surface area contributed by atoms with Crippen molar-refractivity contribution in [2.24, 2.45) is 0 Å². The second-order valence-corrected chi connectivity index (χ2v) is 7.88. The van der Waals surface area contributed by atoms with Crippen molar-refractivity contribution in [1.29, 1.82) is 0 Å². The number of methoxy groups -OCH3 is 2. The molecule has 0 unspecified atom stereocenters. The molecular weight excluding hydrogens is 422 g/mol. The fraction of sp³-hybridized carbons (Fsp3) is 0.318. The largest absolute Gasteiger partial charge is 0.497 e. The summed E-state index contributed by atoms with van der Waals surface area (Å²) in [6, 6.07) is 13.6. The molecule has 4 rings (SSSR count). The highest BCUT2D eigenvalue weighted by atomic mass is 79.9. The molecule has 6 heteroatoms. The third-order valence-electron chi connectivity index (χ3n) is 5.33. The molecule has 0 amide bonds. The number of hydrogen-bond donors (Lipinski definition) is 0. The Morgan fingerprint density at radius 3 is 2.79 bits per heavy atom. The van der Waals surface area contributed by atoms with Crippen molar-refractivity contribution < 1.29 is 13.9 Å². The molecule has 1 fully saturated rings. The lowest BCUT2D eigenvalue weighted by molar-refractivity contribution is 0.243. The van der Waals surface area contributed by atoms with E-state index in [4.69, 9.17) is 13.9 Å². The maximum atomic E-state index is 12.1. The Labute approximate surface area is 172 Å². The molecule has 0 aliphatic carbocycles. The molecule has 1 aliphatic heterocycles. The van der Waals surface area contributed by atoms with E-state index < -0.39 is 0 Å².